The van der Waals surface area contributed by atoms with Crippen LogP contribution in [0.5, 0.6) is 11.5 Å². The second-order valence-corrected chi connectivity index (χ2v) is 6.53. The fourth-order valence-electron chi connectivity index (χ4n) is 2.31. The second-order valence-electron chi connectivity index (χ2n) is 6.53. The summed E-state index contributed by atoms with van der Waals surface area (Å²) in [5, 5.41) is 0. The van der Waals surface area contributed by atoms with Crippen LogP contribution in [0.1, 0.15) is 13.8 Å². The van der Waals surface area contributed by atoms with Crippen LogP contribution in [0.4, 0.5) is 0 Å². The zero-order valence-electron chi connectivity index (χ0n) is 19.8. The topological polar surface area (TPSA) is 108 Å². The molecule has 0 N–H and O–H groups in total. The van der Waals surface area contributed by atoms with Gasteiger partial charge in [-0.3, -0.25) is 0 Å². The minimum absolute atomic E-state index is 0.136. The second kappa shape index (κ2) is 18.5. The molecule has 1 aromatic rings. The van der Waals surface area contributed by atoms with E-state index in [1.165, 1.54) is 0 Å². The Bertz CT molecular complexity index is 658. The van der Waals surface area contributed by atoms with Crippen molar-refractivity contribution >= 4 is 11.9 Å². The first kappa shape index (κ1) is 29.1. The van der Waals surface area contributed by atoms with Crippen LogP contribution in [0.2, 0.25) is 0 Å². The Morgan fingerprint density at radius 2 is 0.971 bits per heavy atom. The molecule has 2 atom stereocenters. The third-order valence-corrected chi connectivity index (χ3v) is 3.93. The molecule has 10 nitrogen and oxygen atoms in total. The lowest BCUT2D eigenvalue weighted by Crippen LogP contribution is -2.20. The summed E-state index contributed by atoms with van der Waals surface area (Å²) in [6.45, 7) is 12.2. The Kier molecular flexibility index (Phi) is 15.8. The Balaban J connectivity index is 2.07. The van der Waals surface area contributed by atoms with Crippen molar-refractivity contribution in [2.75, 3.05) is 52.9 Å². The van der Waals surface area contributed by atoms with E-state index in [9.17, 15) is 9.59 Å². The molecule has 190 valence electrons. The maximum absolute atomic E-state index is 10.9. The molecule has 0 radical (unpaired) electrons. The van der Waals surface area contributed by atoms with Gasteiger partial charge in [0.05, 0.1) is 26.4 Å². The number of esters is 2. The number of carbonyl (C=O) groups excluding carboxylic acids is 2. The van der Waals surface area contributed by atoms with Crippen molar-refractivity contribution in [1.82, 2.24) is 0 Å². The molecule has 0 spiro atoms. The highest BCUT2D eigenvalue weighted by atomic mass is 16.7. The number of hydrogen-bond donors (Lipinski definition) is 0. The lowest BCUT2D eigenvalue weighted by Gasteiger charge is -2.15. The molecule has 2 unspecified atom stereocenters. The van der Waals surface area contributed by atoms with Gasteiger partial charge in [0.25, 0.3) is 0 Å². The van der Waals surface area contributed by atoms with Crippen molar-refractivity contribution < 1.29 is 47.5 Å². The van der Waals surface area contributed by atoms with Crippen LogP contribution in [0.3, 0.4) is 0 Å². The summed E-state index contributed by atoms with van der Waals surface area (Å²) in [5.41, 5.74) is 0. The van der Waals surface area contributed by atoms with E-state index in [-0.39, 0.29) is 26.4 Å². The highest BCUT2D eigenvalue weighted by molar-refractivity contribution is 5.81. The van der Waals surface area contributed by atoms with E-state index >= 15 is 0 Å². The molecule has 10 heteroatoms. The minimum Gasteiger partial charge on any atom is -0.491 e. The zero-order valence-corrected chi connectivity index (χ0v) is 19.8. The van der Waals surface area contributed by atoms with E-state index in [4.69, 9.17) is 37.9 Å². The third kappa shape index (κ3) is 15.0. The molecule has 0 saturated carbocycles. The van der Waals surface area contributed by atoms with Gasteiger partial charge in [0, 0.05) is 12.2 Å². The van der Waals surface area contributed by atoms with E-state index in [1.54, 1.807) is 38.1 Å². The first-order valence-corrected chi connectivity index (χ1v) is 10.8. The summed E-state index contributed by atoms with van der Waals surface area (Å²) >= 11 is 0. The van der Waals surface area contributed by atoms with Crippen molar-refractivity contribution in [2.45, 2.75) is 26.4 Å². The Morgan fingerprint density at radius 3 is 1.29 bits per heavy atom. The molecular weight excluding hydrogens is 448 g/mol. The van der Waals surface area contributed by atoms with Gasteiger partial charge in [-0.15, -0.1) is 0 Å². The maximum atomic E-state index is 10.9. The molecule has 0 fully saturated rings. The molecule has 0 aromatic heterocycles. The number of carbonyl (C=O) groups is 2. The average molecular weight is 483 g/mol. The highest BCUT2D eigenvalue weighted by Gasteiger charge is 2.05. The van der Waals surface area contributed by atoms with Crippen LogP contribution in [0.15, 0.2) is 49.6 Å². The minimum atomic E-state index is -0.489. The van der Waals surface area contributed by atoms with E-state index < -0.39 is 24.5 Å². The summed E-state index contributed by atoms with van der Waals surface area (Å²) in [6.07, 6.45) is 1.29. The predicted octanol–water partition coefficient (Wildman–Crippen LogP) is 2.66. The Morgan fingerprint density at radius 1 is 0.647 bits per heavy atom. The standard InChI is InChI=1S/C24H34O10/c1-5-23(25)33-17-13-29-19(3)27-11-15-31-21-7-9-22(10-8-21)32-16-12-28-20(4)30-14-18-34-24(26)6-2/h5-10,19-20H,1-2,11-18H2,3-4H3. The SMILES string of the molecule is C=CC(=O)OCCOC(C)OCCOc1ccc(OCCOC(C)OCCOC(=O)C=C)cc1. The fourth-order valence-corrected chi connectivity index (χ4v) is 2.31. The van der Waals surface area contributed by atoms with Crippen LogP contribution in [0, 0.1) is 0 Å². The van der Waals surface area contributed by atoms with Crippen molar-refractivity contribution in [3.8, 4) is 11.5 Å². The maximum Gasteiger partial charge on any atom is 0.330 e. The molecule has 0 amide bonds. The van der Waals surface area contributed by atoms with Crippen molar-refractivity contribution in [2.24, 2.45) is 0 Å². The number of ether oxygens (including phenoxy) is 8. The highest BCUT2D eigenvalue weighted by Crippen LogP contribution is 2.17. The molecule has 34 heavy (non-hydrogen) atoms. The lowest BCUT2D eigenvalue weighted by molar-refractivity contribution is -0.154. The summed E-state index contributed by atoms with van der Waals surface area (Å²) < 4.78 is 42.5. The number of hydrogen-bond acceptors (Lipinski definition) is 10. The molecule has 1 aromatic carbocycles. The zero-order chi connectivity index (χ0) is 25.0. The summed E-state index contributed by atoms with van der Waals surface area (Å²) in [4.78, 5) is 21.8. The Labute approximate surface area is 200 Å². The molecule has 1 rings (SSSR count). The van der Waals surface area contributed by atoms with Gasteiger partial charge in [-0.2, -0.15) is 0 Å². The number of rotatable bonds is 20. The summed E-state index contributed by atoms with van der Waals surface area (Å²) in [6, 6.07) is 7.17. The van der Waals surface area contributed by atoms with Gasteiger partial charge in [-0.25, -0.2) is 9.59 Å². The molecule has 0 aliphatic carbocycles. The molecule has 0 bridgehead atoms. The quantitative estimate of drug-likeness (QED) is 0.119. The third-order valence-electron chi connectivity index (χ3n) is 3.93. The van der Waals surface area contributed by atoms with Crippen molar-refractivity contribution in [1.29, 1.82) is 0 Å². The lowest BCUT2D eigenvalue weighted by atomic mass is 10.3. The van der Waals surface area contributed by atoms with E-state index in [2.05, 4.69) is 13.2 Å². The summed E-state index contributed by atoms with van der Waals surface area (Å²) in [5.74, 6) is 0.376. The molecule has 0 saturated heterocycles. The van der Waals surface area contributed by atoms with Crippen LogP contribution in [0.25, 0.3) is 0 Å². The Hall–Kier alpha value is -2.92. The van der Waals surface area contributed by atoms with Gasteiger partial charge in [-0.1, -0.05) is 13.2 Å². The van der Waals surface area contributed by atoms with E-state index in [0.29, 0.717) is 37.9 Å². The molecule has 0 aliphatic heterocycles. The van der Waals surface area contributed by atoms with E-state index in [1.807, 2.05) is 0 Å². The molecule has 0 aliphatic rings. The summed E-state index contributed by atoms with van der Waals surface area (Å²) in [7, 11) is 0. The van der Waals surface area contributed by atoms with E-state index in [0.717, 1.165) is 12.2 Å². The average Bonchev–Trinajstić information content (AvgIpc) is 2.85. The van der Waals surface area contributed by atoms with Crippen LogP contribution in [-0.2, 0) is 38.0 Å². The van der Waals surface area contributed by atoms with Gasteiger partial charge >= 0.3 is 11.9 Å². The molecular formula is C24H34O10. The molecule has 0 heterocycles. The monoisotopic (exact) mass is 482 g/mol. The largest absolute Gasteiger partial charge is 0.491 e. The van der Waals surface area contributed by atoms with Gasteiger partial charge in [0.15, 0.2) is 12.6 Å². The van der Waals surface area contributed by atoms with Gasteiger partial charge < -0.3 is 37.9 Å². The number of benzene rings is 1. The normalized spacial score (nSPS) is 12.3. The van der Waals surface area contributed by atoms with Crippen LogP contribution < -0.4 is 9.47 Å². The van der Waals surface area contributed by atoms with Gasteiger partial charge in [0.2, 0.25) is 0 Å². The predicted molar refractivity (Wildman–Crippen MR) is 122 cm³/mol. The van der Waals surface area contributed by atoms with Crippen molar-refractivity contribution in [3.05, 3.63) is 49.6 Å². The fraction of sp³-hybridized carbons (Fsp3) is 0.500. The first-order valence-electron chi connectivity index (χ1n) is 10.8. The van der Waals surface area contributed by atoms with Crippen LogP contribution >= 0.6 is 0 Å². The first-order chi connectivity index (χ1) is 16.4. The van der Waals surface area contributed by atoms with Gasteiger partial charge in [-0.05, 0) is 38.1 Å². The van der Waals surface area contributed by atoms with Crippen molar-refractivity contribution in [3.63, 3.8) is 0 Å². The smallest absolute Gasteiger partial charge is 0.330 e. The van der Waals surface area contributed by atoms with Gasteiger partial charge in [0.1, 0.15) is 37.9 Å². The van der Waals surface area contributed by atoms with Crippen LogP contribution in [-0.4, -0.2) is 77.4 Å².